The summed E-state index contributed by atoms with van der Waals surface area (Å²) in [5.74, 6) is 1.03. The molecule has 0 aromatic carbocycles. The van der Waals surface area contributed by atoms with Crippen molar-refractivity contribution in [2.75, 3.05) is 0 Å². The molecular weight excluding hydrogens is 172 g/mol. The van der Waals surface area contributed by atoms with Gasteiger partial charge in [0, 0.05) is 5.92 Å². The van der Waals surface area contributed by atoms with Gasteiger partial charge < -0.3 is 4.79 Å². The van der Waals surface area contributed by atoms with E-state index in [1.54, 1.807) is 0 Å². The maximum Gasteiger partial charge on any atom is 0.123 e. The van der Waals surface area contributed by atoms with Gasteiger partial charge in [-0.3, -0.25) is 0 Å². The quantitative estimate of drug-likeness (QED) is 0.588. The second-order valence-corrected chi connectivity index (χ2v) is 5.75. The summed E-state index contributed by atoms with van der Waals surface area (Å²) in [6.45, 7) is 11.2. The van der Waals surface area contributed by atoms with Gasteiger partial charge in [-0.05, 0) is 30.6 Å². The molecule has 0 aliphatic carbocycles. The van der Waals surface area contributed by atoms with Gasteiger partial charge in [-0.2, -0.15) is 0 Å². The smallest absolute Gasteiger partial charge is 0.123 e. The molecule has 0 heterocycles. The largest absolute Gasteiger partial charge is 0.303 e. The van der Waals surface area contributed by atoms with Gasteiger partial charge in [0.2, 0.25) is 0 Å². The zero-order valence-electron chi connectivity index (χ0n) is 10.5. The second-order valence-electron chi connectivity index (χ2n) is 5.75. The highest BCUT2D eigenvalue weighted by molar-refractivity contribution is 5.53. The Balaban J connectivity index is 3.73. The molecule has 0 aliphatic heterocycles. The van der Waals surface area contributed by atoms with Crippen molar-refractivity contribution in [3.05, 3.63) is 0 Å². The maximum atomic E-state index is 10.6. The molecule has 0 radical (unpaired) electrons. The van der Waals surface area contributed by atoms with Gasteiger partial charge in [0.15, 0.2) is 0 Å². The third-order valence-electron chi connectivity index (χ3n) is 2.71. The standard InChI is InChI=1S/C13H26O/c1-6-12(10-14)8-7-11(2)9-13(3,4)5/h10-12H,6-9H2,1-5H3. The van der Waals surface area contributed by atoms with Crippen LogP contribution in [-0.2, 0) is 4.79 Å². The van der Waals surface area contributed by atoms with Crippen LogP contribution in [0, 0.1) is 17.3 Å². The van der Waals surface area contributed by atoms with E-state index >= 15 is 0 Å². The zero-order chi connectivity index (χ0) is 11.2. The Hall–Kier alpha value is -0.330. The average molecular weight is 198 g/mol. The Bertz CT molecular complexity index is 155. The van der Waals surface area contributed by atoms with Crippen LogP contribution in [-0.4, -0.2) is 6.29 Å². The van der Waals surface area contributed by atoms with Crippen molar-refractivity contribution in [2.24, 2.45) is 17.3 Å². The fraction of sp³-hybridized carbons (Fsp3) is 0.923. The molecule has 0 bridgehead atoms. The van der Waals surface area contributed by atoms with Gasteiger partial charge in [0.05, 0.1) is 0 Å². The average Bonchev–Trinajstić information content (AvgIpc) is 2.03. The molecule has 1 nitrogen and oxygen atoms in total. The highest BCUT2D eigenvalue weighted by Crippen LogP contribution is 2.27. The summed E-state index contributed by atoms with van der Waals surface area (Å²) >= 11 is 0. The predicted octanol–water partition coefficient (Wildman–Crippen LogP) is 4.06. The van der Waals surface area contributed by atoms with E-state index in [0.29, 0.717) is 5.41 Å². The molecule has 0 amide bonds. The summed E-state index contributed by atoms with van der Waals surface area (Å²) in [6, 6.07) is 0. The minimum absolute atomic E-state index is 0.289. The van der Waals surface area contributed by atoms with E-state index in [9.17, 15) is 4.79 Å². The van der Waals surface area contributed by atoms with Gasteiger partial charge >= 0.3 is 0 Å². The molecule has 0 N–H and O–H groups in total. The van der Waals surface area contributed by atoms with Crippen LogP contribution in [0.25, 0.3) is 0 Å². The predicted molar refractivity (Wildman–Crippen MR) is 62.3 cm³/mol. The number of hydrogen-bond acceptors (Lipinski definition) is 1. The van der Waals surface area contributed by atoms with E-state index in [4.69, 9.17) is 0 Å². The van der Waals surface area contributed by atoms with Gasteiger partial charge in [0.25, 0.3) is 0 Å². The first kappa shape index (κ1) is 13.7. The lowest BCUT2D eigenvalue weighted by atomic mass is 9.82. The minimum Gasteiger partial charge on any atom is -0.303 e. The molecule has 14 heavy (non-hydrogen) atoms. The monoisotopic (exact) mass is 198 g/mol. The molecule has 2 unspecified atom stereocenters. The molecular formula is C13H26O. The zero-order valence-corrected chi connectivity index (χ0v) is 10.5. The fourth-order valence-corrected chi connectivity index (χ4v) is 2.01. The normalized spacial score (nSPS) is 16.4. The van der Waals surface area contributed by atoms with Crippen molar-refractivity contribution in [1.29, 1.82) is 0 Å². The first-order valence-corrected chi connectivity index (χ1v) is 5.84. The van der Waals surface area contributed by atoms with E-state index in [-0.39, 0.29) is 5.92 Å². The summed E-state index contributed by atoms with van der Waals surface area (Å²) < 4.78 is 0. The van der Waals surface area contributed by atoms with E-state index < -0.39 is 0 Å². The van der Waals surface area contributed by atoms with Crippen molar-refractivity contribution < 1.29 is 4.79 Å². The summed E-state index contributed by atoms with van der Waals surface area (Å²) in [6.07, 6.45) is 5.61. The van der Waals surface area contributed by atoms with Crippen molar-refractivity contribution in [1.82, 2.24) is 0 Å². The molecule has 0 spiro atoms. The molecule has 2 atom stereocenters. The SMILES string of the molecule is CCC(C=O)CCC(C)CC(C)(C)C. The molecule has 0 aromatic heterocycles. The van der Waals surface area contributed by atoms with Crippen LogP contribution >= 0.6 is 0 Å². The van der Waals surface area contributed by atoms with Crippen molar-refractivity contribution in [3.63, 3.8) is 0 Å². The number of rotatable bonds is 6. The molecule has 1 heteroatoms. The Labute approximate surface area is 89.3 Å². The molecule has 0 saturated heterocycles. The van der Waals surface area contributed by atoms with E-state index in [0.717, 1.165) is 25.0 Å². The summed E-state index contributed by atoms with van der Waals surface area (Å²) in [7, 11) is 0. The van der Waals surface area contributed by atoms with E-state index in [2.05, 4.69) is 34.6 Å². The Kier molecular flexibility index (Phi) is 6.06. The molecule has 0 aliphatic rings. The van der Waals surface area contributed by atoms with Crippen molar-refractivity contribution >= 4 is 6.29 Å². The van der Waals surface area contributed by atoms with Gasteiger partial charge in [-0.1, -0.05) is 41.0 Å². The van der Waals surface area contributed by atoms with E-state index in [1.807, 2.05) is 0 Å². The lowest BCUT2D eigenvalue weighted by Crippen LogP contribution is -2.12. The lowest BCUT2D eigenvalue weighted by molar-refractivity contribution is -0.111. The number of carbonyl (C=O) groups is 1. The van der Waals surface area contributed by atoms with Gasteiger partial charge in [-0.25, -0.2) is 0 Å². The summed E-state index contributed by atoms with van der Waals surface area (Å²) in [5, 5.41) is 0. The second kappa shape index (κ2) is 6.21. The molecule has 84 valence electrons. The lowest BCUT2D eigenvalue weighted by Gasteiger charge is -2.23. The minimum atomic E-state index is 0.289. The van der Waals surface area contributed by atoms with Crippen molar-refractivity contribution in [3.8, 4) is 0 Å². The van der Waals surface area contributed by atoms with Crippen LogP contribution in [0.4, 0.5) is 0 Å². The van der Waals surface area contributed by atoms with Crippen LogP contribution in [0.3, 0.4) is 0 Å². The number of hydrogen-bond donors (Lipinski definition) is 0. The highest BCUT2D eigenvalue weighted by atomic mass is 16.1. The summed E-state index contributed by atoms with van der Waals surface area (Å²) in [5.41, 5.74) is 0.419. The van der Waals surface area contributed by atoms with Crippen LogP contribution in [0.1, 0.15) is 60.3 Å². The molecule has 0 rings (SSSR count). The molecule has 0 fully saturated rings. The maximum absolute atomic E-state index is 10.6. The Morgan fingerprint density at radius 3 is 2.14 bits per heavy atom. The first-order chi connectivity index (χ1) is 6.39. The third kappa shape index (κ3) is 7.11. The Morgan fingerprint density at radius 1 is 1.21 bits per heavy atom. The Morgan fingerprint density at radius 2 is 1.79 bits per heavy atom. The van der Waals surface area contributed by atoms with Crippen LogP contribution in [0.15, 0.2) is 0 Å². The van der Waals surface area contributed by atoms with Crippen molar-refractivity contribution in [2.45, 2.75) is 60.3 Å². The summed E-state index contributed by atoms with van der Waals surface area (Å²) in [4.78, 5) is 10.6. The topological polar surface area (TPSA) is 17.1 Å². The number of carbonyl (C=O) groups excluding carboxylic acids is 1. The van der Waals surface area contributed by atoms with Crippen LogP contribution in [0.5, 0.6) is 0 Å². The number of aldehydes is 1. The third-order valence-corrected chi connectivity index (χ3v) is 2.71. The van der Waals surface area contributed by atoms with Crippen LogP contribution in [0.2, 0.25) is 0 Å². The fourth-order valence-electron chi connectivity index (χ4n) is 2.01. The van der Waals surface area contributed by atoms with Gasteiger partial charge in [-0.15, -0.1) is 0 Å². The highest BCUT2D eigenvalue weighted by Gasteiger charge is 2.16. The van der Waals surface area contributed by atoms with Gasteiger partial charge in [0.1, 0.15) is 6.29 Å². The molecule has 0 aromatic rings. The first-order valence-electron chi connectivity index (χ1n) is 5.84. The van der Waals surface area contributed by atoms with Crippen LogP contribution < -0.4 is 0 Å². The van der Waals surface area contributed by atoms with E-state index in [1.165, 1.54) is 12.8 Å². The molecule has 0 saturated carbocycles.